The molecule has 2 nitrogen and oxygen atoms in total. The average molecular weight is 275 g/mol. The minimum Gasteiger partial charge on any atom is -0.376 e. The van der Waals surface area contributed by atoms with Crippen LogP contribution in [0.15, 0.2) is 24.3 Å². The average Bonchev–Trinajstić information content (AvgIpc) is 2.72. The summed E-state index contributed by atoms with van der Waals surface area (Å²) in [5.74, 6) is 0. The zero-order chi connectivity index (χ0) is 14.4. The lowest BCUT2D eigenvalue weighted by Crippen LogP contribution is -2.45. The normalized spacial score (nSPS) is 20.4. The van der Waals surface area contributed by atoms with E-state index >= 15 is 0 Å². The molecule has 1 saturated carbocycles. The molecule has 0 heterocycles. The topological polar surface area (TPSA) is 21.3 Å². The summed E-state index contributed by atoms with van der Waals surface area (Å²) < 4.78 is 6.10. The summed E-state index contributed by atoms with van der Waals surface area (Å²) in [6.45, 7) is 5.30. The molecule has 0 radical (unpaired) electrons. The van der Waals surface area contributed by atoms with Gasteiger partial charge in [0.15, 0.2) is 0 Å². The van der Waals surface area contributed by atoms with Crippen LogP contribution in [0.3, 0.4) is 0 Å². The van der Waals surface area contributed by atoms with Crippen LogP contribution < -0.4 is 5.32 Å². The van der Waals surface area contributed by atoms with Gasteiger partial charge in [-0.15, -0.1) is 0 Å². The second kappa shape index (κ2) is 7.24. The van der Waals surface area contributed by atoms with Gasteiger partial charge in [0.1, 0.15) is 0 Å². The third-order valence-corrected chi connectivity index (χ3v) is 4.70. The maximum Gasteiger partial charge on any atom is 0.0872 e. The fourth-order valence-corrected chi connectivity index (χ4v) is 3.51. The van der Waals surface area contributed by atoms with Gasteiger partial charge in [-0.05, 0) is 31.9 Å². The van der Waals surface area contributed by atoms with Crippen LogP contribution in [0, 0.1) is 6.92 Å². The Morgan fingerprint density at radius 2 is 1.70 bits per heavy atom. The zero-order valence-electron chi connectivity index (χ0n) is 13.2. The van der Waals surface area contributed by atoms with E-state index in [1.165, 1.54) is 36.8 Å². The summed E-state index contributed by atoms with van der Waals surface area (Å²) in [6.07, 6.45) is 7.57. The minimum atomic E-state index is -0.0399. The van der Waals surface area contributed by atoms with Crippen molar-refractivity contribution in [2.24, 2.45) is 0 Å². The molecule has 1 aliphatic carbocycles. The molecule has 1 aliphatic rings. The first-order valence-corrected chi connectivity index (χ1v) is 8.07. The molecule has 0 aromatic heterocycles. The van der Waals surface area contributed by atoms with Crippen molar-refractivity contribution in [2.75, 3.05) is 13.7 Å². The van der Waals surface area contributed by atoms with E-state index in [2.05, 4.69) is 43.4 Å². The number of hydrogen-bond acceptors (Lipinski definition) is 2. The van der Waals surface area contributed by atoms with E-state index in [0.29, 0.717) is 6.04 Å². The van der Waals surface area contributed by atoms with E-state index in [1.807, 2.05) is 7.11 Å². The summed E-state index contributed by atoms with van der Waals surface area (Å²) in [6, 6.07) is 9.23. The highest BCUT2D eigenvalue weighted by Crippen LogP contribution is 2.40. The predicted molar refractivity (Wildman–Crippen MR) is 85.0 cm³/mol. The molecular weight excluding hydrogens is 246 g/mol. The van der Waals surface area contributed by atoms with Gasteiger partial charge in [-0.2, -0.15) is 0 Å². The predicted octanol–water partition coefficient (Wildman–Crippen LogP) is 4.39. The van der Waals surface area contributed by atoms with Crippen molar-refractivity contribution in [1.82, 2.24) is 5.32 Å². The number of benzene rings is 1. The molecule has 20 heavy (non-hydrogen) atoms. The summed E-state index contributed by atoms with van der Waals surface area (Å²) >= 11 is 0. The number of aryl methyl sites for hydroxylation is 1. The molecule has 0 aliphatic heterocycles. The van der Waals surface area contributed by atoms with Crippen molar-refractivity contribution >= 4 is 0 Å². The number of likely N-dealkylation sites (N-methyl/N-ethyl adjacent to an activating group) is 1. The van der Waals surface area contributed by atoms with Gasteiger partial charge in [-0.1, -0.05) is 62.4 Å². The number of ether oxygens (including phenoxy) is 1. The molecule has 1 aromatic carbocycles. The Labute approximate surface area is 123 Å². The lowest BCUT2D eigenvalue weighted by Gasteiger charge is -2.40. The lowest BCUT2D eigenvalue weighted by atomic mass is 9.82. The lowest BCUT2D eigenvalue weighted by molar-refractivity contribution is -0.0537. The Hall–Kier alpha value is -0.860. The molecule has 1 unspecified atom stereocenters. The first-order chi connectivity index (χ1) is 9.72. The van der Waals surface area contributed by atoms with Crippen molar-refractivity contribution in [3.05, 3.63) is 35.4 Å². The van der Waals surface area contributed by atoms with E-state index in [-0.39, 0.29) is 5.60 Å². The Kier molecular flexibility index (Phi) is 5.62. The van der Waals surface area contributed by atoms with E-state index in [9.17, 15) is 0 Å². The Balaban J connectivity index is 2.30. The van der Waals surface area contributed by atoms with Crippen molar-refractivity contribution in [1.29, 1.82) is 0 Å². The second-order valence-electron chi connectivity index (χ2n) is 6.08. The van der Waals surface area contributed by atoms with Crippen LogP contribution in [0.1, 0.15) is 62.6 Å². The molecule has 0 bridgehead atoms. The van der Waals surface area contributed by atoms with Crippen molar-refractivity contribution < 1.29 is 4.74 Å². The maximum atomic E-state index is 6.10. The summed E-state index contributed by atoms with van der Waals surface area (Å²) in [7, 11) is 1.89. The van der Waals surface area contributed by atoms with Crippen LogP contribution >= 0.6 is 0 Å². The molecule has 0 saturated heterocycles. The van der Waals surface area contributed by atoms with Gasteiger partial charge in [0.25, 0.3) is 0 Å². The highest BCUT2D eigenvalue weighted by atomic mass is 16.5. The van der Waals surface area contributed by atoms with Gasteiger partial charge in [-0.25, -0.2) is 0 Å². The maximum absolute atomic E-state index is 6.10. The van der Waals surface area contributed by atoms with Gasteiger partial charge in [0, 0.05) is 7.11 Å². The molecule has 0 spiro atoms. The van der Waals surface area contributed by atoms with Crippen LogP contribution in [0.4, 0.5) is 0 Å². The molecule has 1 fully saturated rings. The van der Waals surface area contributed by atoms with E-state index in [4.69, 9.17) is 4.74 Å². The van der Waals surface area contributed by atoms with Crippen LogP contribution in [0.2, 0.25) is 0 Å². The SMILES string of the molecule is CCNC(c1ccc(C)cc1)C1(OC)CCCCCC1. The Morgan fingerprint density at radius 1 is 1.10 bits per heavy atom. The molecule has 2 rings (SSSR count). The molecule has 1 aromatic rings. The number of nitrogens with one attached hydrogen (secondary N) is 1. The van der Waals surface area contributed by atoms with Crippen LogP contribution in [0.5, 0.6) is 0 Å². The van der Waals surface area contributed by atoms with Crippen LogP contribution in [0.25, 0.3) is 0 Å². The molecule has 112 valence electrons. The second-order valence-corrected chi connectivity index (χ2v) is 6.08. The fraction of sp³-hybridized carbons (Fsp3) is 0.667. The fourth-order valence-electron chi connectivity index (χ4n) is 3.51. The zero-order valence-corrected chi connectivity index (χ0v) is 13.2. The van der Waals surface area contributed by atoms with Gasteiger partial charge < -0.3 is 10.1 Å². The quantitative estimate of drug-likeness (QED) is 0.805. The van der Waals surface area contributed by atoms with E-state index < -0.39 is 0 Å². The molecule has 1 atom stereocenters. The highest BCUT2D eigenvalue weighted by Gasteiger charge is 2.39. The third-order valence-electron chi connectivity index (χ3n) is 4.70. The van der Waals surface area contributed by atoms with Crippen LogP contribution in [-0.2, 0) is 4.74 Å². The van der Waals surface area contributed by atoms with Crippen molar-refractivity contribution in [3.63, 3.8) is 0 Å². The van der Waals surface area contributed by atoms with Crippen molar-refractivity contribution in [3.8, 4) is 0 Å². The van der Waals surface area contributed by atoms with Gasteiger partial charge >= 0.3 is 0 Å². The monoisotopic (exact) mass is 275 g/mol. The van der Waals surface area contributed by atoms with Gasteiger partial charge in [0.2, 0.25) is 0 Å². The first kappa shape index (κ1) is 15.5. The summed E-state index contributed by atoms with van der Waals surface area (Å²) in [5, 5.41) is 3.68. The molecule has 1 N–H and O–H groups in total. The Bertz CT molecular complexity index is 390. The Morgan fingerprint density at radius 3 is 2.20 bits per heavy atom. The molecular formula is C18H29NO. The van der Waals surface area contributed by atoms with E-state index in [1.54, 1.807) is 0 Å². The molecule has 2 heteroatoms. The highest BCUT2D eigenvalue weighted by molar-refractivity contribution is 5.26. The van der Waals surface area contributed by atoms with E-state index in [0.717, 1.165) is 19.4 Å². The van der Waals surface area contributed by atoms with Crippen LogP contribution in [-0.4, -0.2) is 19.3 Å². The number of hydrogen-bond donors (Lipinski definition) is 1. The summed E-state index contributed by atoms with van der Waals surface area (Å²) in [5.41, 5.74) is 2.64. The molecule has 0 amide bonds. The smallest absolute Gasteiger partial charge is 0.0872 e. The number of methoxy groups -OCH3 is 1. The third kappa shape index (κ3) is 3.42. The van der Waals surface area contributed by atoms with Crippen molar-refractivity contribution in [2.45, 2.75) is 64.0 Å². The minimum absolute atomic E-state index is 0.0399. The number of rotatable bonds is 5. The summed E-state index contributed by atoms with van der Waals surface area (Å²) in [4.78, 5) is 0. The first-order valence-electron chi connectivity index (χ1n) is 8.07. The largest absolute Gasteiger partial charge is 0.376 e. The van der Waals surface area contributed by atoms with Gasteiger partial charge in [0.05, 0.1) is 11.6 Å². The standard InChI is InChI=1S/C18H29NO/c1-4-19-17(16-11-9-15(2)10-12-16)18(20-3)13-7-5-6-8-14-18/h9-12,17,19H,4-8,13-14H2,1-3H3. The van der Waals surface area contributed by atoms with Gasteiger partial charge in [-0.3, -0.25) is 0 Å².